The average molecular weight is 385 g/mol. The van der Waals surface area contributed by atoms with Gasteiger partial charge in [0.2, 0.25) is 5.91 Å². The number of imide groups is 1. The van der Waals surface area contributed by atoms with Crippen LogP contribution in [0.3, 0.4) is 0 Å². The Hall–Kier alpha value is -3.41. The normalized spacial score (nSPS) is 26.2. The molecule has 29 heavy (non-hydrogen) atoms. The molecule has 1 aromatic heterocycles. The van der Waals surface area contributed by atoms with E-state index in [-0.39, 0.29) is 17.7 Å². The Balaban J connectivity index is 1.88. The quantitative estimate of drug-likeness (QED) is 0.649. The Morgan fingerprint density at radius 2 is 1.97 bits per heavy atom. The van der Waals surface area contributed by atoms with Crippen LogP contribution in [0.25, 0.3) is 22.0 Å². The summed E-state index contributed by atoms with van der Waals surface area (Å²) in [5, 5.41) is 3.55. The van der Waals surface area contributed by atoms with E-state index in [2.05, 4.69) is 21.3 Å². The lowest BCUT2D eigenvalue weighted by Gasteiger charge is -2.56. The number of ether oxygens (including phenoxy) is 1. The van der Waals surface area contributed by atoms with Crippen molar-refractivity contribution < 1.29 is 14.3 Å². The number of pyridine rings is 1. The SMILES string of the molecule is COc1cc2c3c4c(ccnc14)-c1ccccc1N3[C@@]1(C)C(=O)NC(=O)[C@H]2[C@@H]1C. The third-order valence-corrected chi connectivity index (χ3v) is 7.02. The van der Waals surface area contributed by atoms with Crippen LogP contribution in [0.4, 0.5) is 11.4 Å². The first-order valence-electron chi connectivity index (χ1n) is 9.73. The van der Waals surface area contributed by atoms with Gasteiger partial charge in [0.25, 0.3) is 5.91 Å². The van der Waals surface area contributed by atoms with Crippen molar-refractivity contribution in [3.8, 4) is 16.9 Å². The van der Waals surface area contributed by atoms with Crippen LogP contribution in [-0.2, 0) is 9.59 Å². The molecule has 2 aromatic carbocycles. The molecule has 144 valence electrons. The highest BCUT2D eigenvalue weighted by atomic mass is 16.5. The highest BCUT2D eigenvalue weighted by Crippen LogP contribution is 2.60. The summed E-state index contributed by atoms with van der Waals surface area (Å²) in [6.45, 7) is 3.92. The van der Waals surface area contributed by atoms with E-state index < -0.39 is 11.5 Å². The first-order valence-corrected chi connectivity index (χ1v) is 9.73. The number of nitrogens with one attached hydrogen (secondary N) is 1. The number of carbonyl (C=O) groups is 2. The van der Waals surface area contributed by atoms with Gasteiger partial charge in [0.15, 0.2) is 0 Å². The number of fused-ring (bicyclic) bond motifs is 7. The molecule has 3 aromatic rings. The summed E-state index contributed by atoms with van der Waals surface area (Å²) in [5.74, 6) is -0.504. The minimum Gasteiger partial charge on any atom is -0.494 e. The van der Waals surface area contributed by atoms with Crippen LogP contribution in [0, 0.1) is 5.92 Å². The number of aromatic nitrogens is 1. The lowest BCUT2D eigenvalue weighted by Crippen LogP contribution is -2.69. The van der Waals surface area contributed by atoms with E-state index in [9.17, 15) is 9.59 Å². The van der Waals surface area contributed by atoms with Gasteiger partial charge in [0.05, 0.1) is 24.4 Å². The predicted octanol–water partition coefficient (Wildman–Crippen LogP) is 3.51. The Labute approximate surface area is 167 Å². The van der Waals surface area contributed by atoms with E-state index in [0.717, 1.165) is 39.0 Å². The Bertz CT molecular complexity index is 1270. The van der Waals surface area contributed by atoms with Gasteiger partial charge in [-0.3, -0.25) is 19.9 Å². The zero-order valence-corrected chi connectivity index (χ0v) is 16.3. The fourth-order valence-corrected chi connectivity index (χ4v) is 5.46. The van der Waals surface area contributed by atoms with Gasteiger partial charge >= 0.3 is 0 Å². The van der Waals surface area contributed by atoms with E-state index in [1.54, 1.807) is 13.3 Å². The highest BCUT2D eigenvalue weighted by Gasteiger charge is 2.60. The third kappa shape index (κ3) is 1.71. The standard InChI is InChI=1S/C23H19N3O3/c1-11-17-14-10-16(29-3)19-18-13(8-9-24-19)12-6-4-5-7-15(12)26(20(14)18)23(11,2)22(28)25-21(17)27/h4-11,17H,1-3H3,(H,25,27,28)/t11-,17-,23+/m0/s1. The number of para-hydroxylation sites is 1. The molecule has 3 aliphatic heterocycles. The van der Waals surface area contributed by atoms with Crippen LogP contribution in [0.1, 0.15) is 25.3 Å². The Morgan fingerprint density at radius 3 is 2.76 bits per heavy atom. The second-order valence-corrected chi connectivity index (χ2v) is 8.18. The van der Waals surface area contributed by atoms with Crippen molar-refractivity contribution in [1.29, 1.82) is 0 Å². The minimum absolute atomic E-state index is 0.204. The zero-order chi connectivity index (χ0) is 20.1. The summed E-state index contributed by atoms with van der Waals surface area (Å²) < 4.78 is 5.67. The van der Waals surface area contributed by atoms with E-state index in [0.29, 0.717) is 5.75 Å². The number of carbonyl (C=O) groups excluding carboxylic acids is 2. The Kier molecular flexibility index (Phi) is 2.93. The summed E-state index contributed by atoms with van der Waals surface area (Å²) in [5.41, 5.74) is 4.69. The number of anilines is 2. The number of nitrogens with zero attached hydrogens (tertiary/aromatic N) is 2. The largest absolute Gasteiger partial charge is 0.494 e. The second kappa shape index (κ2) is 5.14. The third-order valence-electron chi connectivity index (χ3n) is 7.02. The highest BCUT2D eigenvalue weighted by molar-refractivity contribution is 6.19. The average Bonchev–Trinajstić information content (AvgIpc) is 2.73. The molecule has 0 radical (unpaired) electrons. The van der Waals surface area contributed by atoms with Crippen LogP contribution in [0.2, 0.25) is 0 Å². The number of piperidine rings is 1. The molecule has 6 rings (SSSR count). The fraction of sp³-hybridized carbons (Fsp3) is 0.261. The number of rotatable bonds is 1. The summed E-state index contributed by atoms with van der Waals surface area (Å²) in [6, 6.07) is 12.0. The number of hydrogen-bond donors (Lipinski definition) is 1. The van der Waals surface area contributed by atoms with Crippen LogP contribution < -0.4 is 15.0 Å². The molecule has 1 N–H and O–H groups in total. The van der Waals surface area contributed by atoms with Gasteiger partial charge in [0.1, 0.15) is 16.8 Å². The molecular weight excluding hydrogens is 366 g/mol. The smallest absolute Gasteiger partial charge is 0.252 e. The van der Waals surface area contributed by atoms with Gasteiger partial charge in [-0.25, -0.2) is 0 Å². The van der Waals surface area contributed by atoms with Crippen LogP contribution >= 0.6 is 0 Å². The Morgan fingerprint density at radius 1 is 1.17 bits per heavy atom. The van der Waals surface area contributed by atoms with Gasteiger partial charge < -0.3 is 9.64 Å². The molecule has 3 atom stereocenters. The monoisotopic (exact) mass is 385 g/mol. The van der Waals surface area contributed by atoms with Crippen LogP contribution in [-0.4, -0.2) is 29.4 Å². The van der Waals surface area contributed by atoms with Gasteiger partial charge in [-0.15, -0.1) is 0 Å². The number of amides is 2. The molecule has 0 saturated carbocycles. The van der Waals surface area contributed by atoms with Crippen molar-refractivity contribution in [2.45, 2.75) is 25.3 Å². The van der Waals surface area contributed by atoms with Crippen molar-refractivity contribution in [1.82, 2.24) is 10.3 Å². The molecule has 2 amide bonds. The maximum Gasteiger partial charge on any atom is 0.252 e. The van der Waals surface area contributed by atoms with E-state index >= 15 is 0 Å². The molecule has 1 saturated heterocycles. The van der Waals surface area contributed by atoms with Crippen molar-refractivity contribution in [3.05, 3.63) is 48.2 Å². The van der Waals surface area contributed by atoms with Gasteiger partial charge in [0, 0.05) is 23.1 Å². The molecule has 1 fully saturated rings. The topological polar surface area (TPSA) is 71.5 Å². The van der Waals surface area contributed by atoms with Gasteiger partial charge in [-0.1, -0.05) is 25.1 Å². The maximum absolute atomic E-state index is 13.2. The fourth-order valence-electron chi connectivity index (χ4n) is 5.46. The van der Waals surface area contributed by atoms with Crippen molar-refractivity contribution in [2.75, 3.05) is 12.0 Å². The summed E-state index contributed by atoms with van der Waals surface area (Å²) >= 11 is 0. The minimum atomic E-state index is -0.892. The van der Waals surface area contributed by atoms with Gasteiger partial charge in [-0.05, 0) is 36.2 Å². The van der Waals surface area contributed by atoms with Crippen molar-refractivity contribution >= 4 is 34.1 Å². The molecule has 0 aliphatic carbocycles. The molecule has 6 nitrogen and oxygen atoms in total. The van der Waals surface area contributed by atoms with Crippen molar-refractivity contribution in [2.24, 2.45) is 5.92 Å². The first-order chi connectivity index (χ1) is 14.0. The van der Waals surface area contributed by atoms with E-state index in [1.165, 1.54) is 0 Å². The lowest BCUT2D eigenvalue weighted by molar-refractivity contribution is -0.141. The molecule has 0 unspecified atom stereocenters. The van der Waals surface area contributed by atoms with Crippen LogP contribution in [0.5, 0.6) is 5.75 Å². The lowest BCUT2D eigenvalue weighted by atomic mass is 9.65. The summed E-state index contributed by atoms with van der Waals surface area (Å²) in [6.07, 6.45) is 1.78. The first kappa shape index (κ1) is 16.5. The van der Waals surface area contributed by atoms with Crippen molar-refractivity contribution in [3.63, 3.8) is 0 Å². The van der Waals surface area contributed by atoms with Crippen LogP contribution in [0.15, 0.2) is 42.6 Å². The predicted molar refractivity (Wildman–Crippen MR) is 109 cm³/mol. The van der Waals surface area contributed by atoms with E-state index in [4.69, 9.17) is 4.74 Å². The molecular formula is C23H19N3O3. The number of methoxy groups -OCH3 is 1. The molecule has 3 aliphatic rings. The van der Waals surface area contributed by atoms with Gasteiger partial charge in [-0.2, -0.15) is 0 Å². The number of benzene rings is 2. The zero-order valence-electron chi connectivity index (χ0n) is 16.3. The summed E-state index contributed by atoms with van der Waals surface area (Å²) in [7, 11) is 1.62. The molecule has 2 bridgehead atoms. The number of hydrogen-bond acceptors (Lipinski definition) is 5. The maximum atomic E-state index is 13.2. The van der Waals surface area contributed by atoms with E-state index in [1.807, 2.05) is 44.2 Å². The second-order valence-electron chi connectivity index (χ2n) is 8.18. The molecule has 6 heteroatoms. The molecule has 0 spiro atoms. The molecule has 4 heterocycles. The summed E-state index contributed by atoms with van der Waals surface area (Å²) in [4.78, 5) is 32.8.